The SMILES string of the molecule is CNCC(OC)(c1ccc(Cl)cc1)C(F)(F)F. The number of hydrogen-bond donors (Lipinski definition) is 1. The summed E-state index contributed by atoms with van der Waals surface area (Å²) < 4.78 is 44.2. The Hall–Kier alpha value is -0.780. The van der Waals surface area contributed by atoms with Gasteiger partial charge in [0.2, 0.25) is 5.60 Å². The summed E-state index contributed by atoms with van der Waals surface area (Å²) in [6.07, 6.45) is -4.52. The monoisotopic (exact) mass is 267 g/mol. The molecule has 0 aliphatic carbocycles. The molecule has 17 heavy (non-hydrogen) atoms. The number of methoxy groups -OCH3 is 1. The fourth-order valence-electron chi connectivity index (χ4n) is 1.64. The lowest BCUT2D eigenvalue weighted by molar-refractivity contribution is -0.274. The van der Waals surface area contributed by atoms with Gasteiger partial charge in [-0.15, -0.1) is 0 Å². The van der Waals surface area contributed by atoms with Crippen LogP contribution in [0.5, 0.6) is 0 Å². The van der Waals surface area contributed by atoms with E-state index in [0.717, 1.165) is 7.11 Å². The summed E-state index contributed by atoms with van der Waals surface area (Å²) >= 11 is 5.66. The van der Waals surface area contributed by atoms with Crippen LogP contribution in [0.2, 0.25) is 5.02 Å². The van der Waals surface area contributed by atoms with Gasteiger partial charge < -0.3 is 10.1 Å². The lowest BCUT2D eigenvalue weighted by atomic mass is 9.92. The van der Waals surface area contributed by atoms with Crippen LogP contribution in [-0.4, -0.2) is 26.9 Å². The molecule has 0 fully saturated rings. The molecule has 1 aromatic carbocycles. The summed E-state index contributed by atoms with van der Waals surface area (Å²) in [5.74, 6) is 0. The van der Waals surface area contributed by atoms with Crippen molar-refractivity contribution in [2.24, 2.45) is 0 Å². The average molecular weight is 268 g/mol. The number of rotatable bonds is 4. The van der Waals surface area contributed by atoms with Gasteiger partial charge in [0.1, 0.15) is 0 Å². The molecule has 0 spiro atoms. The molecule has 0 saturated carbocycles. The third-order valence-electron chi connectivity index (χ3n) is 2.54. The Morgan fingerprint density at radius 3 is 2.12 bits per heavy atom. The second-order valence-electron chi connectivity index (χ2n) is 3.57. The van der Waals surface area contributed by atoms with E-state index in [0.29, 0.717) is 5.02 Å². The van der Waals surface area contributed by atoms with Crippen LogP contribution < -0.4 is 5.32 Å². The van der Waals surface area contributed by atoms with E-state index in [2.05, 4.69) is 5.32 Å². The normalized spacial score (nSPS) is 15.6. The van der Waals surface area contributed by atoms with Crippen LogP contribution in [0.4, 0.5) is 13.2 Å². The zero-order chi connectivity index (χ0) is 13.1. The second-order valence-corrected chi connectivity index (χ2v) is 4.00. The molecule has 0 radical (unpaired) electrons. The molecule has 0 bridgehead atoms. The van der Waals surface area contributed by atoms with Gasteiger partial charge >= 0.3 is 6.18 Å². The summed E-state index contributed by atoms with van der Waals surface area (Å²) in [5, 5.41) is 2.88. The molecule has 0 amide bonds. The van der Waals surface area contributed by atoms with Crippen molar-refractivity contribution in [3.63, 3.8) is 0 Å². The summed E-state index contributed by atoms with van der Waals surface area (Å²) in [6.45, 7) is -0.366. The van der Waals surface area contributed by atoms with Crippen LogP contribution in [-0.2, 0) is 10.3 Å². The van der Waals surface area contributed by atoms with E-state index in [9.17, 15) is 13.2 Å². The molecule has 6 heteroatoms. The molecule has 0 aromatic heterocycles. The summed E-state index contributed by atoms with van der Waals surface area (Å²) in [5.41, 5.74) is -2.34. The van der Waals surface area contributed by atoms with Crippen LogP contribution in [0, 0.1) is 0 Å². The summed E-state index contributed by atoms with van der Waals surface area (Å²) in [7, 11) is 2.48. The topological polar surface area (TPSA) is 21.3 Å². The highest BCUT2D eigenvalue weighted by molar-refractivity contribution is 6.30. The van der Waals surface area contributed by atoms with Crippen molar-refractivity contribution in [1.29, 1.82) is 0 Å². The quantitative estimate of drug-likeness (QED) is 0.906. The Bertz CT molecular complexity index is 366. The molecule has 1 aromatic rings. The van der Waals surface area contributed by atoms with Crippen molar-refractivity contribution >= 4 is 11.6 Å². The number of likely N-dealkylation sites (N-methyl/N-ethyl adjacent to an activating group) is 1. The van der Waals surface area contributed by atoms with E-state index in [4.69, 9.17) is 16.3 Å². The van der Waals surface area contributed by atoms with Gasteiger partial charge in [0.05, 0.1) is 0 Å². The minimum Gasteiger partial charge on any atom is -0.363 e. The fourth-order valence-corrected chi connectivity index (χ4v) is 1.77. The first-order valence-corrected chi connectivity index (χ1v) is 5.27. The zero-order valence-electron chi connectivity index (χ0n) is 9.44. The third-order valence-corrected chi connectivity index (χ3v) is 2.79. The maximum atomic E-state index is 13.2. The summed E-state index contributed by atoms with van der Waals surface area (Å²) in [6, 6.07) is 5.45. The maximum Gasteiger partial charge on any atom is 0.422 e. The molecule has 1 N–H and O–H groups in total. The fraction of sp³-hybridized carbons (Fsp3) is 0.455. The van der Waals surface area contributed by atoms with E-state index >= 15 is 0 Å². The van der Waals surface area contributed by atoms with Crippen molar-refractivity contribution in [2.45, 2.75) is 11.8 Å². The van der Waals surface area contributed by atoms with Crippen LogP contribution in [0.15, 0.2) is 24.3 Å². The number of hydrogen-bond acceptors (Lipinski definition) is 2. The van der Waals surface area contributed by atoms with E-state index < -0.39 is 11.8 Å². The van der Waals surface area contributed by atoms with E-state index in [1.54, 1.807) is 0 Å². The van der Waals surface area contributed by atoms with Gasteiger partial charge in [-0.3, -0.25) is 0 Å². The van der Waals surface area contributed by atoms with Crippen LogP contribution in [0.3, 0.4) is 0 Å². The Morgan fingerprint density at radius 2 is 1.76 bits per heavy atom. The number of benzene rings is 1. The lowest BCUT2D eigenvalue weighted by Gasteiger charge is -2.34. The zero-order valence-corrected chi connectivity index (χ0v) is 10.2. The Labute approximate surface area is 103 Å². The Kier molecular flexibility index (Phi) is 4.41. The molecular formula is C11H13ClF3NO. The molecule has 96 valence electrons. The lowest BCUT2D eigenvalue weighted by Crippen LogP contribution is -2.50. The number of alkyl halides is 3. The maximum absolute atomic E-state index is 13.2. The van der Waals surface area contributed by atoms with Crippen molar-refractivity contribution in [3.05, 3.63) is 34.9 Å². The van der Waals surface area contributed by atoms with E-state index in [1.165, 1.54) is 31.3 Å². The molecule has 0 aliphatic heterocycles. The molecule has 1 unspecified atom stereocenters. The molecule has 1 atom stereocenters. The van der Waals surface area contributed by atoms with Crippen molar-refractivity contribution < 1.29 is 17.9 Å². The molecule has 0 saturated heterocycles. The van der Waals surface area contributed by atoms with Crippen molar-refractivity contribution in [1.82, 2.24) is 5.32 Å². The van der Waals surface area contributed by atoms with Crippen LogP contribution in [0.1, 0.15) is 5.56 Å². The van der Waals surface area contributed by atoms with Gasteiger partial charge in [0.15, 0.2) is 0 Å². The Balaban J connectivity index is 3.26. The van der Waals surface area contributed by atoms with Gasteiger partial charge in [0, 0.05) is 18.7 Å². The second kappa shape index (κ2) is 5.25. The molecule has 2 nitrogen and oxygen atoms in total. The highest BCUT2D eigenvalue weighted by Crippen LogP contribution is 2.41. The summed E-state index contributed by atoms with van der Waals surface area (Å²) in [4.78, 5) is 0. The molecule has 1 rings (SSSR count). The molecular weight excluding hydrogens is 255 g/mol. The minimum atomic E-state index is -4.52. The predicted octanol–water partition coefficient (Wildman–Crippen LogP) is 2.96. The molecule has 0 aliphatic rings. The average Bonchev–Trinajstić information content (AvgIpc) is 2.25. The van der Waals surface area contributed by atoms with Gasteiger partial charge in [-0.05, 0) is 24.7 Å². The van der Waals surface area contributed by atoms with Gasteiger partial charge in [-0.1, -0.05) is 23.7 Å². The number of ether oxygens (including phenoxy) is 1. The van der Waals surface area contributed by atoms with Crippen molar-refractivity contribution in [2.75, 3.05) is 20.7 Å². The van der Waals surface area contributed by atoms with Gasteiger partial charge in [0.25, 0.3) is 0 Å². The first-order chi connectivity index (χ1) is 7.87. The smallest absolute Gasteiger partial charge is 0.363 e. The minimum absolute atomic E-state index is 0.0197. The molecule has 0 heterocycles. The number of halogens is 4. The van der Waals surface area contributed by atoms with Gasteiger partial charge in [-0.2, -0.15) is 13.2 Å². The number of nitrogens with one attached hydrogen (secondary N) is 1. The van der Waals surface area contributed by atoms with Crippen molar-refractivity contribution in [3.8, 4) is 0 Å². The third kappa shape index (κ3) is 2.73. The first-order valence-electron chi connectivity index (χ1n) is 4.90. The highest BCUT2D eigenvalue weighted by atomic mass is 35.5. The predicted molar refractivity (Wildman–Crippen MR) is 60.1 cm³/mol. The van der Waals surface area contributed by atoms with E-state index in [-0.39, 0.29) is 12.1 Å². The van der Waals surface area contributed by atoms with E-state index in [1.807, 2.05) is 0 Å². The first kappa shape index (κ1) is 14.3. The van der Waals surface area contributed by atoms with Crippen LogP contribution in [0.25, 0.3) is 0 Å². The van der Waals surface area contributed by atoms with Gasteiger partial charge in [-0.25, -0.2) is 0 Å². The highest BCUT2D eigenvalue weighted by Gasteiger charge is 2.56. The largest absolute Gasteiger partial charge is 0.422 e. The Morgan fingerprint density at radius 1 is 1.24 bits per heavy atom. The standard InChI is InChI=1S/C11H13ClF3NO/c1-16-7-10(17-2,11(13,14)15)8-3-5-9(12)6-4-8/h3-6,16H,7H2,1-2H3. The van der Waals surface area contributed by atoms with Crippen LogP contribution >= 0.6 is 11.6 Å².